The number of hydrogen-bond donors (Lipinski definition) is 1. The molecule has 124 valence electrons. The van der Waals surface area contributed by atoms with Crippen LogP contribution in [-0.2, 0) is 11.1 Å². The Morgan fingerprint density at radius 2 is 1.88 bits per heavy atom. The minimum absolute atomic E-state index is 0.00101. The van der Waals surface area contributed by atoms with Crippen molar-refractivity contribution in [1.29, 1.82) is 0 Å². The number of benzene rings is 1. The third kappa shape index (κ3) is 3.00. The van der Waals surface area contributed by atoms with Gasteiger partial charge in [-0.25, -0.2) is 14.7 Å². The van der Waals surface area contributed by atoms with Gasteiger partial charge in [0.05, 0.1) is 11.8 Å². The summed E-state index contributed by atoms with van der Waals surface area (Å²) in [5, 5.41) is 2.03. The van der Waals surface area contributed by atoms with Gasteiger partial charge in [0.15, 0.2) is 5.82 Å². The van der Waals surface area contributed by atoms with Crippen molar-refractivity contribution >= 4 is 17.6 Å². The smallest absolute Gasteiger partial charge is 0.304 e. The van der Waals surface area contributed by atoms with Crippen molar-refractivity contribution in [1.82, 2.24) is 9.38 Å². The van der Waals surface area contributed by atoms with E-state index in [4.69, 9.17) is 0 Å². The van der Waals surface area contributed by atoms with Crippen molar-refractivity contribution in [2.24, 2.45) is 0 Å². The molecule has 1 N–H and O–H groups in total. The van der Waals surface area contributed by atoms with E-state index in [0.717, 1.165) is 6.07 Å². The van der Waals surface area contributed by atoms with Gasteiger partial charge in [-0.3, -0.25) is 5.32 Å². The zero-order chi connectivity index (χ0) is 17.3. The van der Waals surface area contributed by atoms with Gasteiger partial charge in [-0.2, -0.15) is 13.2 Å². The van der Waals surface area contributed by atoms with E-state index < -0.39 is 17.8 Å². The van der Waals surface area contributed by atoms with E-state index in [9.17, 15) is 22.5 Å². The van der Waals surface area contributed by atoms with E-state index in [1.807, 2.05) is 5.32 Å². The Labute approximate surface area is 132 Å². The topological polar surface area (TPSA) is 55.6 Å². The molecule has 0 saturated carbocycles. The molecule has 2 aromatic heterocycles. The first-order chi connectivity index (χ1) is 11.4. The monoisotopic (exact) mass is 339 g/mol. The van der Waals surface area contributed by atoms with Crippen molar-refractivity contribution in [2.75, 3.05) is 5.32 Å². The Balaban J connectivity index is 2.04. The lowest BCUT2D eigenvalue weighted by molar-refractivity contribution is -0.137. The third-order valence-corrected chi connectivity index (χ3v) is 3.29. The third-order valence-electron chi connectivity index (χ3n) is 3.29. The summed E-state index contributed by atoms with van der Waals surface area (Å²) in [6, 6.07) is 8.14. The highest BCUT2D eigenvalue weighted by Crippen LogP contribution is 2.36. The van der Waals surface area contributed by atoms with Gasteiger partial charge in [-0.1, -0.05) is 18.2 Å². The maximum absolute atomic E-state index is 13.1. The lowest BCUT2D eigenvalue weighted by atomic mass is 10.0. The molecule has 0 saturated heterocycles. The van der Waals surface area contributed by atoms with Gasteiger partial charge in [0.2, 0.25) is 0 Å². The van der Waals surface area contributed by atoms with Crippen LogP contribution in [0.25, 0.3) is 16.8 Å². The fourth-order valence-electron chi connectivity index (χ4n) is 2.32. The minimum atomic E-state index is -4.49. The van der Waals surface area contributed by atoms with Crippen LogP contribution in [0.2, 0.25) is 0 Å². The van der Waals surface area contributed by atoms with Crippen LogP contribution in [0.1, 0.15) is 5.56 Å². The number of halogens is 4. The number of amides is 1. The predicted molar refractivity (Wildman–Crippen MR) is 76.8 cm³/mol. The van der Waals surface area contributed by atoms with Crippen LogP contribution in [0.4, 0.5) is 28.3 Å². The number of nitrogens with one attached hydrogen (secondary N) is 1. The SMILES string of the molecule is O=C(Nc1cn2cc(-c3ccccc3C(F)(F)F)ccc2n1)OF. The number of carbonyl (C=O) groups excluding carboxylic acids is 1. The van der Waals surface area contributed by atoms with Gasteiger partial charge < -0.3 is 4.40 Å². The number of anilines is 1. The first-order valence-electron chi connectivity index (χ1n) is 6.63. The largest absolute Gasteiger partial charge is 0.450 e. The molecule has 9 heteroatoms. The molecule has 0 spiro atoms. The van der Waals surface area contributed by atoms with Gasteiger partial charge in [0, 0.05) is 10.7 Å². The summed E-state index contributed by atoms with van der Waals surface area (Å²) in [5.41, 5.74) is -0.0769. The predicted octanol–water partition coefficient (Wildman–Crippen LogP) is 4.45. The molecule has 0 unspecified atom stereocenters. The number of hydrogen-bond acceptors (Lipinski definition) is 3. The minimum Gasteiger partial charge on any atom is -0.304 e. The fourth-order valence-corrected chi connectivity index (χ4v) is 2.32. The molecule has 3 rings (SSSR count). The van der Waals surface area contributed by atoms with Gasteiger partial charge in [0.1, 0.15) is 5.65 Å². The molecule has 0 atom stereocenters. The standard InChI is InChI=1S/C15H9F4N3O2/c16-15(17,18)11-4-2-1-3-10(11)9-5-6-13-20-12(8-22(13)7-9)21-14(23)24-19/h1-8H,(H,21,23). The van der Waals surface area contributed by atoms with E-state index >= 15 is 0 Å². The molecule has 5 nitrogen and oxygen atoms in total. The van der Waals surface area contributed by atoms with Crippen molar-refractivity contribution in [3.05, 3.63) is 54.4 Å². The molecule has 2 heterocycles. The van der Waals surface area contributed by atoms with E-state index in [2.05, 4.69) is 9.93 Å². The molecule has 0 fully saturated rings. The van der Waals surface area contributed by atoms with Gasteiger partial charge >= 0.3 is 12.3 Å². The second kappa shape index (κ2) is 5.84. The Kier molecular flexibility index (Phi) is 3.84. The highest BCUT2D eigenvalue weighted by molar-refractivity contribution is 5.83. The van der Waals surface area contributed by atoms with Gasteiger partial charge in [-0.15, -0.1) is 0 Å². The van der Waals surface area contributed by atoms with Crippen molar-refractivity contribution in [3.8, 4) is 11.1 Å². The summed E-state index contributed by atoms with van der Waals surface area (Å²) in [5.74, 6) is -0.00101. The summed E-state index contributed by atoms with van der Waals surface area (Å²) < 4.78 is 52.5. The number of imidazole rings is 1. The zero-order valence-electron chi connectivity index (χ0n) is 11.8. The number of alkyl halides is 3. The number of rotatable bonds is 2. The summed E-state index contributed by atoms with van der Waals surface area (Å²) >= 11 is 0. The van der Waals surface area contributed by atoms with Crippen LogP contribution < -0.4 is 5.32 Å². The molecule has 1 amide bonds. The Hall–Kier alpha value is -3.10. The normalized spacial score (nSPS) is 11.5. The van der Waals surface area contributed by atoms with E-state index in [-0.39, 0.29) is 11.4 Å². The van der Waals surface area contributed by atoms with Crippen LogP contribution in [0.5, 0.6) is 0 Å². The van der Waals surface area contributed by atoms with Crippen LogP contribution in [-0.4, -0.2) is 15.5 Å². The molecule has 0 aliphatic rings. The van der Waals surface area contributed by atoms with Crippen molar-refractivity contribution in [2.45, 2.75) is 6.18 Å². The van der Waals surface area contributed by atoms with Crippen LogP contribution in [0.3, 0.4) is 0 Å². The van der Waals surface area contributed by atoms with E-state index in [1.54, 1.807) is 0 Å². The molecular formula is C15H9F4N3O2. The first-order valence-corrected chi connectivity index (χ1v) is 6.63. The molecule has 1 aromatic carbocycles. The summed E-state index contributed by atoms with van der Waals surface area (Å²) in [6.07, 6.45) is -3.08. The number of carbonyl (C=O) groups is 1. The first kappa shape index (κ1) is 15.8. The number of nitrogens with zero attached hydrogens (tertiary/aromatic N) is 2. The number of aromatic nitrogens is 2. The van der Waals surface area contributed by atoms with Gasteiger partial charge in [0.25, 0.3) is 0 Å². The molecular weight excluding hydrogens is 330 g/mol. The Bertz CT molecular complexity index is 905. The highest BCUT2D eigenvalue weighted by atomic mass is 19.4. The summed E-state index contributed by atoms with van der Waals surface area (Å²) in [6.45, 7) is 0. The van der Waals surface area contributed by atoms with Crippen LogP contribution in [0, 0.1) is 0 Å². The average molecular weight is 339 g/mol. The van der Waals surface area contributed by atoms with Gasteiger partial charge in [-0.05, 0) is 29.3 Å². The molecule has 3 aromatic rings. The van der Waals surface area contributed by atoms with Crippen molar-refractivity contribution in [3.63, 3.8) is 0 Å². The van der Waals surface area contributed by atoms with Crippen molar-refractivity contribution < 1.29 is 27.4 Å². The molecule has 0 radical (unpaired) electrons. The Morgan fingerprint density at radius 1 is 1.12 bits per heavy atom. The lowest BCUT2D eigenvalue weighted by Gasteiger charge is -2.12. The lowest BCUT2D eigenvalue weighted by Crippen LogP contribution is -2.09. The summed E-state index contributed by atoms with van der Waals surface area (Å²) in [4.78, 5) is 17.8. The maximum Gasteiger partial charge on any atom is 0.450 e. The van der Waals surface area contributed by atoms with Crippen LogP contribution >= 0.6 is 0 Å². The fraction of sp³-hybridized carbons (Fsp3) is 0.0667. The average Bonchev–Trinajstić information content (AvgIpc) is 2.95. The number of pyridine rings is 1. The quantitative estimate of drug-likeness (QED) is 0.702. The molecule has 0 aliphatic heterocycles. The van der Waals surface area contributed by atoms with Crippen LogP contribution in [0.15, 0.2) is 48.8 Å². The molecule has 0 bridgehead atoms. The second-order valence-corrected chi connectivity index (χ2v) is 4.84. The highest BCUT2D eigenvalue weighted by Gasteiger charge is 2.33. The molecule has 24 heavy (non-hydrogen) atoms. The summed E-state index contributed by atoms with van der Waals surface area (Å²) in [7, 11) is 0. The zero-order valence-corrected chi connectivity index (χ0v) is 11.8. The molecule has 0 aliphatic carbocycles. The second-order valence-electron chi connectivity index (χ2n) is 4.84. The Morgan fingerprint density at radius 3 is 2.58 bits per heavy atom. The number of fused-ring (bicyclic) bond motifs is 1. The van der Waals surface area contributed by atoms with E-state index in [1.165, 1.54) is 47.1 Å². The van der Waals surface area contributed by atoms with E-state index in [0.29, 0.717) is 11.2 Å². The maximum atomic E-state index is 13.1.